The summed E-state index contributed by atoms with van der Waals surface area (Å²) in [6, 6.07) is 3.88. The lowest BCUT2D eigenvalue weighted by Crippen LogP contribution is -1.94. The number of rotatable bonds is 5. The molecule has 0 bridgehead atoms. The third-order valence-electron chi connectivity index (χ3n) is 2.87. The van der Waals surface area contributed by atoms with Crippen LogP contribution in [-0.2, 0) is 6.42 Å². The minimum Gasteiger partial charge on any atom is -0.494 e. The largest absolute Gasteiger partial charge is 0.494 e. The zero-order chi connectivity index (χ0) is 13.0. The summed E-state index contributed by atoms with van der Waals surface area (Å²) in [7, 11) is 1.66. The van der Waals surface area contributed by atoms with Crippen LogP contribution in [0.25, 0.3) is 11.4 Å². The molecule has 4 nitrogen and oxygen atoms in total. The summed E-state index contributed by atoms with van der Waals surface area (Å²) in [5.41, 5.74) is 2.71. The summed E-state index contributed by atoms with van der Waals surface area (Å²) in [4.78, 5) is 12.2. The van der Waals surface area contributed by atoms with Crippen molar-refractivity contribution >= 4 is 0 Å². The maximum absolute atomic E-state index is 5.33. The van der Waals surface area contributed by atoms with Crippen LogP contribution in [0.1, 0.15) is 31.3 Å². The fourth-order valence-corrected chi connectivity index (χ4v) is 1.86. The van der Waals surface area contributed by atoms with Crippen molar-refractivity contribution < 1.29 is 4.74 Å². The second-order valence-electron chi connectivity index (χ2n) is 4.35. The Kier molecular flexibility index (Phi) is 3.97. The minimum absolute atomic E-state index is 0.770. The van der Waals surface area contributed by atoms with E-state index in [4.69, 9.17) is 4.74 Å². The number of unbranched alkanes of at least 4 members (excludes halogenated alkanes) is 1. The molecule has 0 radical (unpaired) electrons. The fraction of sp³-hybridized carbons (Fsp3) is 0.429. The van der Waals surface area contributed by atoms with Crippen LogP contribution in [0.2, 0.25) is 0 Å². The highest BCUT2D eigenvalue weighted by Crippen LogP contribution is 2.26. The van der Waals surface area contributed by atoms with Gasteiger partial charge in [-0.3, -0.25) is 0 Å². The number of methoxy groups -OCH3 is 1. The van der Waals surface area contributed by atoms with E-state index in [0.29, 0.717) is 0 Å². The number of imidazole rings is 1. The number of hydrogen-bond acceptors (Lipinski definition) is 3. The lowest BCUT2D eigenvalue weighted by molar-refractivity contribution is 0.414. The first-order chi connectivity index (χ1) is 8.74. The average Bonchev–Trinajstić information content (AvgIpc) is 2.85. The van der Waals surface area contributed by atoms with Crippen LogP contribution in [0.4, 0.5) is 0 Å². The molecule has 0 unspecified atom stereocenters. The average molecular weight is 245 g/mol. The summed E-state index contributed by atoms with van der Waals surface area (Å²) in [5, 5.41) is 0. The quantitative estimate of drug-likeness (QED) is 0.880. The molecule has 0 aliphatic carbocycles. The maximum Gasteiger partial charge on any atom is 0.146 e. The van der Waals surface area contributed by atoms with Gasteiger partial charge in [-0.25, -0.2) is 9.97 Å². The van der Waals surface area contributed by atoms with Gasteiger partial charge < -0.3 is 9.72 Å². The molecule has 0 aliphatic heterocycles. The molecular weight excluding hydrogens is 226 g/mol. The highest BCUT2D eigenvalue weighted by molar-refractivity contribution is 5.62. The van der Waals surface area contributed by atoms with Gasteiger partial charge in [-0.05, 0) is 25.5 Å². The number of nitrogens with zero attached hydrogens (tertiary/aromatic N) is 2. The van der Waals surface area contributed by atoms with Gasteiger partial charge in [0.2, 0.25) is 0 Å². The van der Waals surface area contributed by atoms with Crippen LogP contribution < -0.4 is 4.74 Å². The van der Waals surface area contributed by atoms with Crippen LogP contribution in [0.5, 0.6) is 5.75 Å². The Morgan fingerprint density at radius 1 is 1.33 bits per heavy atom. The summed E-state index contributed by atoms with van der Waals surface area (Å²) < 4.78 is 5.33. The zero-order valence-electron chi connectivity index (χ0n) is 11.2. The SMILES string of the molecule is CCCCc1ncc(-c2nc(C)ccc2OC)[nH]1. The molecule has 18 heavy (non-hydrogen) atoms. The predicted molar refractivity (Wildman–Crippen MR) is 71.7 cm³/mol. The van der Waals surface area contributed by atoms with Crippen molar-refractivity contribution in [3.8, 4) is 17.1 Å². The molecule has 0 atom stereocenters. The fourth-order valence-electron chi connectivity index (χ4n) is 1.86. The second-order valence-corrected chi connectivity index (χ2v) is 4.35. The standard InChI is InChI=1S/C14H19N3O/c1-4-5-6-13-15-9-11(17-13)14-12(18-3)8-7-10(2)16-14/h7-9H,4-6H2,1-3H3,(H,15,17). The Hall–Kier alpha value is -1.84. The smallest absolute Gasteiger partial charge is 0.146 e. The van der Waals surface area contributed by atoms with Gasteiger partial charge in [-0.15, -0.1) is 0 Å². The number of aromatic amines is 1. The van der Waals surface area contributed by atoms with Crippen molar-refractivity contribution in [1.82, 2.24) is 15.0 Å². The van der Waals surface area contributed by atoms with E-state index in [2.05, 4.69) is 21.9 Å². The Labute approximate surface area is 107 Å². The number of aromatic nitrogens is 3. The van der Waals surface area contributed by atoms with Gasteiger partial charge in [0.25, 0.3) is 0 Å². The van der Waals surface area contributed by atoms with E-state index < -0.39 is 0 Å². The van der Waals surface area contributed by atoms with Crippen molar-refractivity contribution in [1.29, 1.82) is 0 Å². The van der Waals surface area contributed by atoms with Crippen molar-refractivity contribution in [3.05, 3.63) is 29.8 Å². The molecule has 0 amide bonds. The molecule has 96 valence electrons. The zero-order valence-corrected chi connectivity index (χ0v) is 11.2. The Morgan fingerprint density at radius 3 is 2.89 bits per heavy atom. The third kappa shape index (κ3) is 2.70. The molecule has 0 aromatic carbocycles. The number of pyridine rings is 1. The van der Waals surface area contributed by atoms with E-state index in [1.54, 1.807) is 7.11 Å². The van der Waals surface area contributed by atoms with Crippen LogP contribution in [0, 0.1) is 6.92 Å². The minimum atomic E-state index is 0.770. The predicted octanol–water partition coefficient (Wildman–Crippen LogP) is 3.13. The van der Waals surface area contributed by atoms with Crippen LogP contribution >= 0.6 is 0 Å². The van der Waals surface area contributed by atoms with Gasteiger partial charge in [0.1, 0.15) is 17.3 Å². The molecule has 0 spiro atoms. The molecule has 0 fully saturated rings. The van der Waals surface area contributed by atoms with E-state index in [1.807, 2.05) is 25.3 Å². The molecule has 2 rings (SSSR count). The van der Waals surface area contributed by atoms with Crippen LogP contribution in [0.3, 0.4) is 0 Å². The third-order valence-corrected chi connectivity index (χ3v) is 2.87. The summed E-state index contributed by atoms with van der Waals surface area (Å²) in [6.07, 6.45) is 5.12. The van der Waals surface area contributed by atoms with Gasteiger partial charge in [-0.1, -0.05) is 13.3 Å². The second kappa shape index (κ2) is 5.67. The molecule has 2 aromatic rings. The van der Waals surface area contributed by atoms with E-state index >= 15 is 0 Å². The van der Waals surface area contributed by atoms with E-state index in [-0.39, 0.29) is 0 Å². The number of nitrogens with one attached hydrogen (secondary N) is 1. The number of aryl methyl sites for hydroxylation is 2. The lowest BCUT2D eigenvalue weighted by atomic mass is 10.2. The molecule has 2 heterocycles. The van der Waals surface area contributed by atoms with Gasteiger partial charge >= 0.3 is 0 Å². The van der Waals surface area contributed by atoms with E-state index in [1.165, 1.54) is 6.42 Å². The Balaban J connectivity index is 2.30. The topological polar surface area (TPSA) is 50.8 Å². The first kappa shape index (κ1) is 12.6. The van der Waals surface area contributed by atoms with Crippen molar-refractivity contribution in [2.24, 2.45) is 0 Å². The van der Waals surface area contributed by atoms with Crippen molar-refractivity contribution in [3.63, 3.8) is 0 Å². The van der Waals surface area contributed by atoms with Gasteiger partial charge in [0, 0.05) is 12.1 Å². The summed E-state index contributed by atoms with van der Waals surface area (Å²) in [5.74, 6) is 1.78. The summed E-state index contributed by atoms with van der Waals surface area (Å²) >= 11 is 0. The molecule has 0 saturated heterocycles. The van der Waals surface area contributed by atoms with Gasteiger partial charge in [-0.2, -0.15) is 0 Å². The summed E-state index contributed by atoms with van der Waals surface area (Å²) in [6.45, 7) is 4.15. The highest BCUT2D eigenvalue weighted by atomic mass is 16.5. The number of H-pyrrole nitrogens is 1. The molecule has 0 aliphatic rings. The van der Waals surface area contributed by atoms with Gasteiger partial charge in [0.15, 0.2) is 0 Å². The lowest BCUT2D eigenvalue weighted by Gasteiger charge is -2.06. The maximum atomic E-state index is 5.33. The Morgan fingerprint density at radius 2 is 2.17 bits per heavy atom. The molecule has 1 N–H and O–H groups in total. The molecule has 2 aromatic heterocycles. The first-order valence-electron chi connectivity index (χ1n) is 6.30. The first-order valence-corrected chi connectivity index (χ1v) is 6.30. The van der Waals surface area contributed by atoms with Crippen molar-refractivity contribution in [2.75, 3.05) is 7.11 Å². The van der Waals surface area contributed by atoms with Crippen LogP contribution in [-0.4, -0.2) is 22.1 Å². The van der Waals surface area contributed by atoms with E-state index in [9.17, 15) is 0 Å². The molecular formula is C14H19N3O. The number of ether oxygens (including phenoxy) is 1. The van der Waals surface area contributed by atoms with Crippen molar-refractivity contribution in [2.45, 2.75) is 33.1 Å². The normalized spacial score (nSPS) is 10.6. The monoisotopic (exact) mass is 245 g/mol. The van der Waals surface area contributed by atoms with Crippen LogP contribution in [0.15, 0.2) is 18.3 Å². The van der Waals surface area contributed by atoms with Gasteiger partial charge in [0.05, 0.1) is 19.0 Å². The highest BCUT2D eigenvalue weighted by Gasteiger charge is 2.10. The number of hydrogen-bond donors (Lipinski definition) is 1. The molecule has 4 heteroatoms. The Bertz CT molecular complexity index is 520. The molecule has 0 saturated carbocycles. The van der Waals surface area contributed by atoms with E-state index in [0.717, 1.165) is 41.5 Å².